The van der Waals surface area contributed by atoms with Crippen LogP contribution < -0.4 is 5.32 Å². The van der Waals surface area contributed by atoms with E-state index in [0.29, 0.717) is 17.9 Å². The second-order valence-corrected chi connectivity index (χ2v) is 6.53. The van der Waals surface area contributed by atoms with Crippen LogP contribution in [0.5, 0.6) is 0 Å². The highest BCUT2D eigenvalue weighted by molar-refractivity contribution is 4.99. The maximum Gasteiger partial charge on any atom is 0.228 e. The van der Waals surface area contributed by atoms with Crippen molar-refractivity contribution in [2.75, 3.05) is 7.05 Å². The van der Waals surface area contributed by atoms with Crippen molar-refractivity contribution < 1.29 is 4.52 Å². The van der Waals surface area contributed by atoms with Crippen LogP contribution in [0.3, 0.4) is 0 Å². The molecule has 0 amide bonds. The lowest BCUT2D eigenvalue weighted by Crippen LogP contribution is -2.32. The van der Waals surface area contributed by atoms with E-state index in [-0.39, 0.29) is 0 Å². The molecule has 1 saturated carbocycles. The van der Waals surface area contributed by atoms with Gasteiger partial charge < -0.3 is 9.84 Å². The molecule has 0 radical (unpaired) electrons. The number of hydrogen-bond donors (Lipinski definition) is 1. The van der Waals surface area contributed by atoms with Crippen LogP contribution in [0.15, 0.2) is 4.52 Å². The van der Waals surface area contributed by atoms with Gasteiger partial charge in [-0.15, -0.1) is 0 Å². The van der Waals surface area contributed by atoms with Gasteiger partial charge >= 0.3 is 0 Å². The SMILES string of the molecule is CCC1CCCC(c2noc(CC(NC)C(C)C)n2)C1. The molecule has 1 N–H and O–H groups in total. The summed E-state index contributed by atoms with van der Waals surface area (Å²) < 4.78 is 5.47. The first kappa shape index (κ1) is 15.5. The highest BCUT2D eigenvalue weighted by atomic mass is 16.5. The molecule has 2 rings (SSSR count). The number of rotatable bonds is 6. The van der Waals surface area contributed by atoms with Crippen molar-refractivity contribution in [2.24, 2.45) is 11.8 Å². The van der Waals surface area contributed by atoms with Gasteiger partial charge in [0.1, 0.15) is 0 Å². The third-order valence-corrected chi connectivity index (χ3v) is 4.78. The Morgan fingerprint density at radius 2 is 2.15 bits per heavy atom. The Kier molecular flexibility index (Phi) is 5.58. The molecule has 0 bridgehead atoms. The van der Waals surface area contributed by atoms with E-state index in [1.165, 1.54) is 32.1 Å². The fourth-order valence-corrected chi connectivity index (χ4v) is 3.27. The third kappa shape index (κ3) is 3.81. The Labute approximate surface area is 122 Å². The van der Waals surface area contributed by atoms with Crippen molar-refractivity contribution in [2.45, 2.75) is 71.3 Å². The number of likely N-dealkylation sites (N-methyl/N-ethyl adjacent to an activating group) is 1. The average molecular weight is 279 g/mol. The second-order valence-electron chi connectivity index (χ2n) is 6.53. The van der Waals surface area contributed by atoms with Gasteiger partial charge in [-0.2, -0.15) is 4.98 Å². The first-order chi connectivity index (χ1) is 9.63. The molecule has 4 heteroatoms. The average Bonchev–Trinajstić information content (AvgIpc) is 2.93. The monoisotopic (exact) mass is 279 g/mol. The molecule has 1 aromatic heterocycles. The zero-order valence-electron chi connectivity index (χ0n) is 13.4. The Bertz CT molecular complexity index is 402. The molecule has 1 aliphatic rings. The van der Waals surface area contributed by atoms with Crippen molar-refractivity contribution in [1.29, 1.82) is 0 Å². The molecule has 0 aliphatic heterocycles. The van der Waals surface area contributed by atoms with E-state index in [1.54, 1.807) is 0 Å². The molecule has 0 aromatic carbocycles. The molecule has 20 heavy (non-hydrogen) atoms. The van der Waals surface area contributed by atoms with Crippen molar-refractivity contribution in [1.82, 2.24) is 15.5 Å². The van der Waals surface area contributed by atoms with Crippen molar-refractivity contribution in [3.8, 4) is 0 Å². The molecule has 114 valence electrons. The Balaban J connectivity index is 1.97. The Morgan fingerprint density at radius 1 is 1.35 bits per heavy atom. The van der Waals surface area contributed by atoms with E-state index < -0.39 is 0 Å². The van der Waals surface area contributed by atoms with Gasteiger partial charge in [0.15, 0.2) is 5.82 Å². The fraction of sp³-hybridized carbons (Fsp3) is 0.875. The summed E-state index contributed by atoms with van der Waals surface area (Å²) in [6, 6.07) is 0.401. The maximum atomic E-state index is 5.47. The minimum atomic E-state index is 0.401. The largest absolute Gasteiger partial charge is 0.339 e. The summed E-state index contributed by atoms with van der Waals surface area (Å²) in [6.45, 7) is 6.71. The van der Waals surface area contributed by atoms with Gasteiger partial charge in [0.25, 0.3) is 0 Å². The Hall–Kier alpha value is -0.900. The molecular formula is C16H29N3O. The molecule has 3 unspecified atom stereocenters. The van der Waals surface area contributed by atoms with E-state index in [1.807, 2.05) is 7.05 Å². The summed E-state index contributed by atoms with van der Waals surface area (Å²) in [5.41, 5.74) is 0. The molecule has 4 nitrogen and oxygen atoms in total. The van der Waals surface area contributed by atoms with Crippen LogP contribution in [0, 0.1) is 11.8 Å². The molecule has 1 heterocycles. The van der Waals surface area contributed by atoms with Crippen LogP contribution in [-0.4, -0.2) is 23.2 Å². The summed E-state index contributed by atoms with van der Waals surface area (Å²) in [5, 5.41) is 7.57. The van der Waals surface area contributed by atoms with Crippen LogP contribution in [0.2, 0.25) is 0 Å². The zero-order chi connectivity index (χ0) is 14.5. The maximum absolute atomic E-state index is 5.47. The van der Waals surface area contributed by atoms with E-state index in [4.69, 9.17) is 4.52 Å². The minimum Gasteiger partial charge on any atom is -0.339 e. The minimum absolute atomic E-state index is 0.401. The predicted octanol–water partition coefficient (Wildman–Crippen LogP) is 3.54. The van der Waals surface area contributed by atoms with Crippen LogP contribution >= 0.6 is 0 Å². The van der Waals surface area contributed by atoms with E-state index in [9.17, 15) is 0 Å². The summed E-state index contributed by atoms with van der Waals surface area (Å²) in [6.07, 6.45) is 7.22. The number of aromatic nitrogens is 2. The first-order valence-corrected chi connectivity index (χ1v) is 8.13. The molecule has 1 aliphatic carbocycles. The van der Waals surface area contributed by atoms with Crippen LogP contribution in [0.25, 0.3) is 0 Å². The van der Waals surface area contributed by atoms with Gasteiger partial charge in [-0.25, -0.2) is 0 Å². The summed E-state index contributed by atoms with van der Waals surface area (Å²) in [4.78, 5) is 4.66. The van der Waals surface area contributed by atoms with Gasteiger partial charge in [-0.05, 0) is 31.7 Å². The fourth-order valence-electron chi connectivity index (χ4n) is 3.27. The topological polar surface area (TPSA) is 51.0 Å². The van der Waals surface area contributed by atoms with Crippen LogP contribution in [0.1, 0.15) is 70.5 Å². The zero-order valence-corrected chi connectivity index (χ0v) is 13.4. The standard InChI is InChI=1S/C16H29N3O/c1-5-12-7-6-8-13(9-12)16-18-15(20-19-16)10-14(17-4)11(2)3/h11-14,17H,5-10H2,1-4H3. The van der Waals surface area contributed by atoms with Gasteiger partial charge in [-0.1, -0.05) is 45.2 Å². The van der Waals surface area contributed by atoms with E-state index in [2.05, 4.69) is 36.2 Å². The van der Waals surface area contributed by atoms with Gasteiger partial charge in [0.05, 0.1) is 0 Å². The molecule has 0 spiro atoms. The van der Waals surface area contributed by atoms with Crippen LogP contribution in [0.4, 0.5) is 0 Å². The van der Waals surface area contributed by atoms with Crippen molar-refractivity contribution in [3.63, 3.8) is 0 Å². The molecule has 0 saturated heterocycles. The lowest BCUT2D eigenvalue weighted by atomic mass is 9.80. The second kappa shape index (κ2) is 7.21. The highest BCUT2D eigenvalue weighted by Crippen LogP contribution is 2.36. The lowest BCUT2D eigenvalue weighted by Gasteiger charge is -2.26. The van der Waals surface area contributed by atoms with Crippen LogP contribution in [-0.2, 0) is 6.42 Å². The smallest absolute Gasteiger partial charge is 0.228 e. The normalized spacial score (nSPS) is 25.1. The summed E-state index contributed by atoms with van der Waals surface area (Å²) >= 11 is 0. The number of nitrogens with zero attached hydrogens (tertiary/aromatic N) is 2. The first-order valence-electron chi connectivity index (χ1n) is 8.13. The molecule has 1 fully saturated rings. The quantitative estimate of drug-likeness (QED) is 0.865. The molecular weight excluding hydrogens is 250 g/mol. The van der Waals surface area contributed by atoms with Crippen molar-refractivity contribution >= 4 is 0 Å². The van der Waals surface area contributed by atoms with Gasteiger partial charge in [0.2, 0.25) is 5.89 Å². The third-order valence-electron chi connectivity index (χ3n) is 4.78. The molecule has 1 aromatic rings. The van der Waals surface area contributed by atoms with Gasteiger partial charge in [-0.3, -0.25) is 0 Å². The van der Waals surface area contributed by atoms with E-state index in [0.717, 1.165) is 24.1 Å². The summed E-state index contributed by atoms with van der Waals surface area (Å²) in [7, 11) is 1.99. The Morgan fingerprint density at radius 3 is 2.80 bits per heavy atom. The number of hydrogen-bond acceptors (Lipinski definition) is 4. The van der Waals surface area contributed by atoms with Gasteiger partial charge in [0, 0.05) is 18.4 Å². The lowest BCUT2D eigenvalue weighted by molar-refractivity contribution is 0.295. The number of nitrogens with one attached hydrogen (secondary N) is 1. The predicted molar refractivity (Wildman–Crippen MR) is 80.7 cm³/mol. The summed E-state index contributed by atoms with van der Waals surface area (Å²) in [5.74, 6) is 3.65. The van der Waals surface area contributed by atoms with E-state index >= 15 is 0 Å². The van der Waals surface area contributed by atoms with Crippen molar-refractivity contribution in [3.05, 3.63) is 11.7 Å². The highest BCUT2D eigenvalue weighted by Gasteiger charge is 2.26. The molecule has 3 atom stereocenters.